The molecular weight excluding hydrogens is 518 g/mol. The molecule has 7 heteroatoms. The van der Waals surface area contributed by atoms with Gasteiger partial charge < -0.3 is 14.5 Å². The van der Waals surface area contributed by atoms with Gasteiger partial charge in [-0.05, 0) is 30.7 Å². The Labute approximate surface area is 224 Å². The van der Waals surface area contributed by atoms with E-state index in [4.69, 9.17) is 4.74 Å². The van der Waals surface area contributed by atoms with Gasteiger partial charge in [0.25, 0.3) is 5.91 Å². The highest BCUT2D eigenvalue weighted by Crippen LogP contribution is 2.19. The van der Waals surface area contributed by atoms with Gasteiger partial charge in [-0.1, -0.05) is 72.1 Å². The summed E-state index contributed by atoms with van der Waals surface area (Å²) in [7, 11) is 1.67. The predicted octanol–water partition coefficient (Wildman–Crippen LogP) is 5.34. The molecule has 1 aliphatic rings. The summed E-state index contributed by atoms with van der Waals surface area (Å²) >= 11 is 3.45. The molecule has 1 fully saturated rings. The van der Waals surface area contributed by atoms with Gasteiger partial charge in [0.1, 0.15) is 5.75 Å². The largest absolute Gasteiger partial charge is 0.496 e. The maximum atomic E-state index is 13.0. The number of rotatable bonds is 12. The van der Waals surface area contributed by atoms with Crippen molar-refractivity contribution in [3.05, 3.63) is 70.2 Å². The van der Waals surface area contributed by atoms with Crippen LogP contribution in [-0.2, 0) is 4.79 Å². The highest BCUT2D eigenvalue weighted by molar-refractivity contribution is 9.10. The minimum atomic E-state index is 0.0742. The number of para-hydroxylation sites is 1. The molecule has 0 bridgehead atoms. The number of benzene rings is 2. The maximum absolute atomic E-state index is 13.0. The number of carbonyl (C=O) groups excluding carboxylic acids is 2. The lowest BCUT2D eigenvalue weighted by Crippen LogP contribution is -2.50. The smallest absolute Gasteiger partial charge is 0.253 e. The van der Waals surface area contributed by atoms with Gasteiger partial charge in [0.05, 0.1) is 7.11 Å². The molecule has 0 spiro atoms. The fraction of sp³-hybridized carbons (Fsp3) is 0.448. The highest BCUT2D eigenvalue weighted by atomic mass is 79.9. The molecule has 36 heavy (non-hydrogen) atoms. The van der Waals surface area contributed by atoms with Gasteiger partial charge in [-0.2, -0.15) is 0 Å². The standard InChI is InChI=1S/C29H38BrN3O3/c1-3-4-5-15-28(34)32(16-9-12-24-10-6-7-14-27(24)36-2)20-17-31-18-21-33(22-19-31)29(35)25-11-8-13-26(30)23-25/h6-14,23H,3-5,15-22H2,1-2H3. The van der Waals surface area contributed by atoms with Crippen LogP contribution in [-0.4, -0.2) is 79.4 Å². The Morgan fingerprint density at radius 2 is 1.83 bits per heavy atom. The normalized spacial score (nSPS) is 14.2. The van der Waals surface area contributed by atoms with Gasteiger partial charge in [0.15, 0.2) is 0 Å². The van der Waals surface area contributed by atoms with E-state index in [1.54, 1.807) is 7.11 Å². The molecule has 2 aromatic carbocycles. The van der Waals surface area contributed by atoms with E-state index < -0.39 is 0 Å². The zero-order chi connectivity index (χ0) is 25.8. The van der Waals surface area contributed by atoms with E-state index in [-0.39, 0.29) is 11.8 Å². The average Bonchev–Trinajstić information content (AvgIpc) is 2.90. The molecule has 194 valence electrons. The van der Waals surface area contributed by atoms with Crippen molar-refractivity contribution < 1.29 is 14.3 Å². The Balaban J connectivity index is 1.53. The van der Waals surface area contributed by atoms with Crippen LogP contribution in [0.4, 0.5) is 0 Å². The molecule has 0 unspecified atom stereocenters. The SMILES string of the molecule is CCCCCC(=O)N(CC=Cc1ccccc1OC)CCN1CCN(C(=O)c2cccc(Br)c2)CC1. The topological polar surface area (TPSA) is 53.1 Å². The van der Waals surface area contributed by atoms with Crippen LogP contribution in [0.25, 0.3) is 6.08 Å². The number of hydrogen-bond donors (Lipinski definition) is 0. The fourth-order valence-electron chi connectivity index (χ4n) is 4.35. The quantitative estimate of drug-likeness (QED) is 0.332. The van der Waals surface area contributed by atoms with Gasteiger partial charge in [-0.3, -0.25) is 14.5 Å². The Hall–Kier alpha value is -2.64. The summed E-state index contributed by atoms with van der Waals surface area (Å²) in [6, 6.07) is 15.4. The number of carbonyl (C=O) groups is 2. The number of unbranched alkanes of at least 4 members (excludes halogenated alkanes) is 2. The summed E-state index contributed by atoms with van der Waals surface area (Å²) < 4.78 is 6.35. The van der Waals surface area contributed by atoms with Crippen molar-refractivity contribution in [1.82, 2.24) is 14.7 Å². The molecule has 1 saturated heterocycles. The van der Waals surface area contributed by atoms with E-state index in [1.807, 2.05) is 70.5 Å². The molecule has 2 amide bonds. The van der Waals surface area contributed by atoms with E-state index in [1.165, 1.54) is 0 Å². The maximum Gasteiger partial charge on any atom is 0.253 e. The number of methoxy groups -OCH3 is 1. The summed E-state index contributed by atoms with van der Waals surface area (Å²) in [6.07, 6.45) is 7.76. The molecular formula is C29H38BrN3O3. The predicted molar refractivity (Wildman–Crippen MR) is 149 cm³/mol. The summed E-state index contributed by atoms with van der Waals surface area (Å²) in [5, 5.41) is 0. The Morgan fingerprint density at radius 1 is 1.06 bits per heavy atom. The number of hydrogen-bond acceptors (Lipinski definition) is 4. The molecule has 1 aliphatic heterocycles. The third-order valence-electron chi connectivity index (χ3n) is 6.53. The molecule has 0 radical (unpaired) electrons. The van der Waals surface area contributed by atoms with Gasteiger partial charge in [0.2, 0.25) is 5.91 Å². The van der Waals surface area contributed by atoms with Crippen molar-refractivity contribution in [1.29, 1.82) is 0 Å². The van der Waals surface area contributed by atoms with Crippen molar-refractivity contribution in [3.63, 3.8) is 0 Å². The zero-order valence-electron chi connectivity index (χ0n) is 21.5. The van der Waals surface area contributed by atoms with E-state index in [0.29, 0.717) is 38.2 Å². The van der Waals surface area contributed by atoms with Gasteiger partial charge in [0, 0.05) is 67.8 Å². The van der Waals surface area contributed by atoms with Gasteiger partial charge in [-0.25, -0.2) is 0 Å². The number of ether oxygens (including phenoxy) is 1. The number of halogens is 1. The minimum absolute atomic E-state index is 0.0742. The molecule has 3 rings (SSSR count). The molecule has 6 nitrogen and oxygen atoms in total. The van der Waals surface area contributed by atoms with Crippen LogP contribution < -0.4 is 4.74 Å². The number of nitrogens with zero attached hydrogens (tertiary/aromatic N) is 3. The summed E-state index contributed by atoms with van der Waals surface area (Å²) in [5.74, 6) is 1.10. The first-order valence-corrected chi connectivity index (χ1v) is 13.7. The van der Waals surface area contributed by atoms with E-state index in [9.17, 15) is 9.59 Å². The number of amides is 2. The Kier molecular flexibility index (Phi) is 11.5. The van der Waals surface area contributed by atoms with Crippen LogP contribution in [0.5, 0.6) is 5.75 Å². The Morgan fingerprint density at radius 3 is 2.56 bits per heavy atom. The van der Waals surface area contributed by atoms with E-state index >= 15 is 0 Å². The van der Waals surface area contributed by atoms with E-state index in [0.717, 1.165) is 54.7 Å². The second-order valence-electron chi connectivity index (χ2n) is 9.09. The molecule has 2 aromatic rings. The van der Waals surface area contributed by atoms with Crippen molar-refractivity contribution >= 4 is 33.8 Å². The first-order valence-electron chi connectivity index (χ1n) is 12.9. The van der Waals surface area contributed by atoms with Crippen molar-refractivity contribution in [2.45, 2.75) is 32.6 Å². The van der Waals surface area contributed by atoms with Crippen molar-refractivity contribution in [2.24, 2.45) is 0 Å². The second kappa shape index (κ2) is 14.8. The molecule has 0 saturated carbocycles. The van der Waals surface area contributed by atoms with Crippen LogP contribution in [0.1, 0.15) is 48.5 Å². The number of piperazine rings is 1. The average molecular weight is 557 g/mol. The minimum Gasteiger partial charge on any atom is -0.496 e. The molecule has 0 atom stereocenters. The van der Waals surface area contributed by atoms with Crippen LogP contribution in [0.15, 0.2) is 59.1 Å². The monoisotopic (exact) mass is 555 g/mol. The lowest BCUT2D eigenvalue weighted by atomic mass is 10.1. The third kappa shape index (κ3) is 8.49. The third-order valence-corrected chi connectivity index (χ3v) is 7.02. The van der Waals surface area contributed by atoms with Gasteiger partial charge in [-0.15, -0.1) is 0 Å². The zero-order valence-corrected chi connectivity index (χ0v) is 23.1. The van der Waals surface area contributed by atoms with Crippen LogP contribution in [0.2, 0.25) is 0 Å². The lowest BCUT2D eigenvalue weighted by molar-refractivity contribution is -0.131. The summed E-state index contributed by atoms with van der Waals surface area (Å²) in [6.45, 7) is 7.24. The Bertz CT molecular complexity index is 1020. The fourth-order valence-corrected chi connectivity index (χ4v) is 4.75. The summed E-state index contributed by atoms with van der Waals surface area (Å²) in [4.78, 5) is 32.0. The molecule has 1 heterocycles. The van der Waals surface area contributed by atoms with Gasteiger partial charge >= 0.3 is 0 Å². The molecule has 0 N–H and O–H groups in total. The molecule has 0 aliphatic carbocycles. The lowest BCUT2D eigenvalue weighted by Gasteiger charge is -2.36. The first kappa shape index (κ1) is 27.9. The van der Waals surface area contributed by atoms with Crippen molar-refractivity contribution in [3.8, 4) is 5.75 Å². The highest BCUT2D eigenvalue weighted by Gasteiger charge is 2.23. The van der Waals surface area contributed by atoms with Crippen LogP contribution >= 0.6 is 15.9 Å². The van der Waals surface area contributed by atoms with E-state index in [2.05, 4.69) is 27.8 Å². The summed E-state index contributed by atoms with van der Waals surface area (Å²) in [5.41, 5.74) is 1.72. The second-order valence-corrected chi connectivity index (χ2v) is 10.0. The van der Waals surface area contributed by atoms with Crippen LogP contribution in [0, 0.1) is 0 Å². The first-order chi connectivity index (χ1) is 17.5. The van der Waals surface area contributed by atoms with Crippen molar-refractivity contribution in [2.75, 3.05) is 52.9 Å². The molecule has 0 aromatic heterocycles. The van der Waals surface area contributed by atoms with Crippen LogP contribution in [0.3, 0.4) is 0 Å².